The number of carbonyl (C=O) groups is 4. The number of ketones is 1. The molecule has 46 heavy (non-hydrogen) atoms. The van der Waals surface area contributed by atoms with Gasteiger partial charge in [0.2, 0.25) is 0 Å². The summed E-state index contributed by atoms with van der Waals surface area (Å²) >= 11 is 0. The third kappa shape index (κ3) is 4.35. The maximum Gasteiger partial charge on any atom is 0.336 e. The molecule has 2 N–H and O–H groups in total. The number of carbonyl (C=O) groups excluding carboxylic acids is 3. The molecule has 1 aromatic rings. The molecule has 7 heteroatoms. The van der Waals surface area contributed by atoms with E-state index >= 15 is 0 Å². The van der Waals surface area contributed by atoms with Crippen LogP contribution in [0.2, 0.25) is 0 Å². The molecular weight excluding hydrogens is 578 g/mol. The number of hydrogen-bond donors (Lipinski definition) is 2. The highest BCUT2D eigenvalue weighted by Gasteiger charge is 2.70. The third-order valence-corrected chi connectivity index (χ3v) is 15.4. The molecule has 4 fully saturated rings. The molecule has 0 aliphatic heterocycles. The van der Waals surface area contributed by atoms with Crippen molar-refractivity contribution in [3.63, 3.8) is 0 Å². The largest absolute Gasteiger partial charge is 0.478 e. The highest BCUT2D eigenvalue weighted by molar-refractivity contribution is 6.05. The van der Waals surface area contributed by atoms with E-state index in [1.165, 1.54) is 18.7 Å². The molecule has 6 rings (SSSR count). The molecule has 4 unspecified atom stereocenters. The summed E-state index contributed by atoms with van der Waals surface area (Å²) in [4.78, 5) is 52.9. The quantitative estimate of drug-likeness (QED) is 0.331. The minimum atomic E-state index is -1.12. The standard InChI is InChI=1S/C39H53NO6/c1-34(2)29(40-31(42)23-11-9-10-12-24(23)32(43)44)14-13-25-30-28(41)21-26-27-22-36(4,33(45)46-8)16-15-35(27,3)17-18-38(26,6)39(30,7)20-19-37(25,34)5/h9-12,21,25,27,29-30H,13-20,22H2,1-8H3,(H,40,42)(H,43,44)/t25?,27-,29?,30?,35+,36-,37?,38+,39+/m0/s1. The highest BCUT2D eigenvalue weighted by atomic mass is 16.5. The Morgan fingerprint density at radius 1 is 0.848 bits per heavy atom. The van der Waals surface area contributed by atoms with Crippen LogP contribution in [0.1, 0.15) is 127 Å². The average Bonchev–Trinajstić information content (AvgIpc) is 3.01. The topological polar surface area (TPSA) is 110 Å². The average molecular weight is 632 g/mol. The summed E-state index contributed by atoms with van der Waals surface area (Å²) < 4.78 is 5.28. The number of esters is 1. The van der Waals surface area contributed by atoms with Gasteiger partial charge in [0.25, 0.3) is 5.91 Å². The first kappa shape index (κ1) is 33.0. The number of rotatable bonds is 4. The van der Waals surface area contributed by atoms with E-state index in [-0.39, 0.29) is 79.7 Å². The number of amides is 1. The maximum absolute atomic E-state index is 14.6. The Hall–Kier alpha value is -2.96. The van der Waals surface area contributed by atoms with Gasteiger partial charge in [0.15, 0.2) is 5.78 Å². The van der Waals surface area contributed by atoms with Crippen molar-refractivity contribution in [3.05, 3.63) is 47.0 Å². The molecule has 4 saturated carbocycles. The van der Waals surface area contributed by atoms with Gasteiger partial charge in [0.05, 0.1) is 23.7 Å². The minimum Gasteiger partial charge on any atom is -0.478 e. The van der Waals surface area contributed by atoms with Crippen LogP contribution in [0, 0.1) is 50.2 Å². The van der Waals surface area contributed by atoms with Crippen molar-refractivity contribution in [2.24, 2.45) is 50.2 Å². The monoisotopic (exact) mass is 631 g/mol. The fourth-order valence-corrected chi connectivity index (χ4v) is 11.5. The first-order chi connectivity index (χ1) is 21.4. The van der Waals surface area contributed by atoms with Gasteiger partial charge in [-0.15, -0.1) is 0 Å². The maximum atomic E-state index is 14.6. The number of hydrogen-bond acceptors (Lipinski definition) is 5. The molecule has 5 aliphatic carbocycles. The van der Waals surface area contributed by atoms with Crippen LogP contribution < -0.4 is 5.32 Å². The van der Waals surface area contributed by atoms with Gasteiger partial charge in [-0.1, -0.05) is 59.2 Å². The van der Waals surface area contributed by atoms with Crippen LogP contribution in [-0.2, 0) is 14.3 Å². The van der Waals surface area contributed by atoms with Gasteiger partial charge in [-0.25, -0.2) is 4.79 Å². The van der Waals surface area contributed by atoms with Crippen molar-refractivity contribution in [3.8, 4) is 0 Å². The van der Waals surface area contributed by atoms with Gasteiger partial charge >= 0.3 is 11.9 Å². The smallest absolute Gasteiger partial charge is 0.336 e. The lowest BCUT2D eigenvalue weighted by Gasteiger charge is -2.70. The van der Waals surface area contributed by atoms with Crippen LogP contribution in [-0.4, -0.2) is 41.9 Å². The van der Waals surface area contributed by atoms with Gasteiger partial charge in [0.1, 0.15) is 0 Å². The second-order valence-corrected chi connectivity index (χ2v) is 17.4. The third-order valence-electron chi connectivity index (χ3n) is 15.4. The molecule has 7 nitrogen and oxygen atoms in total. The van der Waals surface area contributed by atoms with Gasteiger partial charge in [-0.3, -0.25) is 14.4 Å². The minimum absolute atomic E-state index is 0.00298. The zero-order valence-corrected chi connectivity index (χ0v) is 29.0. The van der Waals surface area contributed by atoms with Crippen LogP contribution in [0.15, 0.2) is 35.9 Å². The molecular formula is C39H53NO6. The Morgan fingerprint density at radius 2 is 1.48 bits per heavy atom. The first-order valence-electron chi connectivity index (χ1n) is 17.4. The summed E-state index contributed by atoms with van der Waals surface area (Å²) in [6, 6.07) is 6.22. The van der Waals surface area contributed by atoms with Crippen molar-refractivity contribution < 1.29 is 29.0 Å². The van der Waals surface area contributed by atoms with Gasteiger partial charge in [-0.2, -0.15) is 0 Å². The Balaban J connectivity index is 1.33. The Morgan fingerprint density at radius 3 is 2.13 bits per heavy atom. The zero-order chi connectivity index (χ0) is 33.7. The summed E-state index contributed by atoms with van der Waals surface area (Å²) in [5.41, 5.74) is 0.126. The van der Waals surface area contributed by atoms with Crippen molar-refractivity contribution in [2.75, 3.05) is 7.11 Å². The Labute approximate surface area is 274 Å². The second kappa shape index (κ2) is 10.5. The van der Waals surface area contributed by atoms with E-state index < -0.39 is 11.4 Å². The summed E-state index contributed by atoms with van der Waals surface area (Å²) in [6.07, 6.45) is 10.1. The van der Waals surface area contributed by atoms with Gasteiger partial charge in [0, 0.05) is 12.0 Å². The number of methoxy groups -OCH3 is 1. The van der Waals surface area contributed by atoms with E-state index in [2.05, 4.69) is 46.9 Å². The van der Waals surface area contributed by atoms with E-state index in [0.29, 0.717) is 0 Å². The molecule has 0 spiro atoms. The molecule has 250 valence electrons. The molecule has 0 saturated heterocycles. The summed E-state index contributed by atoms with van der Waals surface area (Å²) in [5.74, 6) is -1.13. The molecule has 0 aromatic heterocycles. The fourth-order valence-electron chi connectivity index (χ4n) is 11.5. The molecule has 1 aromatic carbocycles. The summed E-state index contributed by atoms with van der Waals surface area (Å²) in [6.45, 7) is 16.0. The highest BCUT2D eigenvalue weighted by Crippen LogP contribution is 2.74. The first-order valence-corrected chi connectivity index (χ1v) is 17.4. The molecule has 0 heterocycles. The van der Waals surface area contributed by atoms with Gasteiger partial charge in [-0.05, 0) is 122 Å². The SMILES string of the molecule is COC(=O)[C@@]1(C)CC[C@]2(C)CC[C@]3(C)C(=CC(=O)C4C5CCC(NC(=O)c6ccccc6C(=O)O)C(C)(C)C5(C)CC[C@]43C)[C@@H]2C1. The second-order valence-electron chi connectivity index (χ2n) is 17.4. The predicted octanol–water partition coefficient (Wildman–Crippen LogP) is 7.64. The number of aromatic carboxylic acids is 1. The van der Waals surface area contributed by atoms with E-state index in [1.807, 2.05) is 13.0 Å². The zero-order valence-electron chi connectivity index (χ0n) is 29.0. The van der Waals surface area contributed by atoms with Crippen molar-refractivity contribution in [1.82, 2.24) is 5.32 Å². The lowest BCUT2D eigenvalue weighted by atomic mass is 9.33. The molecule has 1 amide bonds. The number of carboxylic acids is 1. The fraction of sp³-hybridized carbons (Fsp3) is 0.692. The van der Waals surface area contributed by atoms with Crippen LogP contribution in [0.25, 0.3) is 0 Å². The lowest BCUT2D eigenvalue weighted by Crippen LogP contribution is -2.67. The Bertz CT molecular complexity index is 1530. The number of allylic oxidation sites excluding steroid dienone is 2. The number of benzene rings is 1. The molecule has 0 radical (unpaired) electrons. The molecule has 0 bridgehead atoms. The van der Waals surface area contributed by atoms with Gasteiger partial charge < -0.3 is 15.2 Å². The van der Waals surface area contributed by atoms with Crippen LogP contribution in [0.4, 0.5) is 0 Å². The van der Waals surface area contributed by atoms with Crippen molar-refractivity contribution in [1.29, 1.82) is 0 Å². The number of nitrogens with one attached hydrogen (secondary N) is 1. The predicted molar refractivity (Wildman–Crippen MR) is 176 cm³/mol. The van der Waals surface area contributed by atoms with Crippen LogP contribution >= 0.6 is 0 Å². The molecule has 5 aliphatic rings. The summed E-state index contributed by atoms with van der Waals surface area (Å²) in [7, 11) is 1.48. The van der Waals surface area contributed by atoms with E-state index in [4.69, 9.17) is 4.74 Å². The van der Waals surface area contributed by atoms with Crippen molar-refractivity contribution in [2.45, 2.75) is 112 Å². The van der Waals surface area contributed by atoms with Crippen molar-refractivity contribution >= 4 is 23.6 Å². The summed E-state index contributed by atoms with van der Waals surface area (Å²) in [5, 5.41) is 12.9. The number of carboxylic acid groups (broad SMARTS) is 1. The number of fused-ring (bicyclic) bond motifs is 7. The molecule has 9 atom stereocenters. The van der Waals surface area contributed by atoms with E-state index in [9.17, 15) is 24.3 Å². The normalized spacial score (nSPS) is 42.7. The van der Waals surface area contributed by atoms with E-state index in [1.54, 1.807) is 18.2 Å². The number of ether oxygens (including phenoxy) is 1. The van der Waals surface area contributed by atoms with Crippen LogP contribution in [0.5, 0.6) is 0 Å². The van der Waals surface area contributed by atoms with E-state index in [0.717, 1.165) is 57.8 Å². The lowest BCUT2D eigenvalue weighted by molar-refractivity contribution is -0.187. The van der Waals surface area contributed by atoms with Crippen LogP contribution in [0.3, 0.4) is 0 Å². The Kier molecular flexibility index (Phi) is 7.54.